The van der Waals surface area contributed by atoms with E-state index in [1.165, 1.54) is 5.57 Å². The van der Waals surface area contributed by atoms with Crippen LogP contribution in [0.15, 0.2) is 28.8 Å². The highest BCUT2D eigenvalue weighted by atomic mass is 14.8. The maximum Gasteiger partial charge on any atom is 0.0760 e. The summed E-state index contributed by atoms with van der Waals surface area (Å²) in [6, 6.07) is 0.663. The van der Waals surface area contributed by atoms with Crippen molar-refractivity contribution in [1.82, 2.24) is 0 Å². The lowest BCUT2D eigenvalue weighted by Gasteiger charge is -2.24. The molecule has 0 radical (unpaired) electrons. The Balaban J connectivity index is 2.23. The van der Waals surface area contributed by atoms with Crippen LogP contribution in [0, 0.1) is 0 Å². The van der Waals surface area contributed by atoms with Crippen LogP contribution in [-0.4, -0.2) is 18.3 Å². The third kappa shape index (κ3) is 1.26. The molecule has 2 heteroatoms. The number of nitrogens with two attached hydrogens (primary N) is 1. The Labute approximate surface area is 66.5 Å². The van der Waals surface area contributed by atoms with Gasteiger partial charge in [0.05, 0.1) is 6.04 Å². The molecule has 0 saturated carbocycles. The van der Waals surface area contributed by atoms with E-state index in [4.69, 9.17) is 5.73 Å². The summed E-state index contributed by atoms with van der Waals surface area (Å²) in [6.45, 7) is 0. The van der Waals surface area contributed by atoms with Crippen molar-refractivity contribution in [1.29, 1.82) is 0 Å². The molecule has 0 amide bonds. The topological polar surface area (TPSA) is 38.4 Å². The zero-order valence-corrected chi connectivity index (χ0v) is 6.40. The highest BCUT2D eigenvalue weighted by molar-refractivity contribution is 5.74. The predicted octanol–water partition coefficient (Wildman–Crippen LogP) is 1.04. The van der Waals surface area contributed by atoms with E-state index in [9.17, 15) is 0 Å². The maximum absolute atomic E-state index is 5.80. The van der Waals surface area contributed by atoms with E-state index in [0.717, 1.165) is 12.8 Å². The van der Waals surface area contributed by atoms with Crippen molar-refractivity contribution in [3.05, 3.63) is 23.8 Å². The van der Waals surface area contributed by atoms with Crippen molar-refractivity contribution in [2.24, 2.45) is 10.7 Å². The predicted molar refractivity (Wildman–Crippen MR) is 46.7 cm³/mol. The summed E-state index contributed by atoms with van der Waals surface area (Å²) in [7, 11) is 0. The van der Waals surface area contributed by atoms with Crippen LogP contribution >= 0.6 is 0 Å². The van der Waals surface area contributed by atoms with Crippen LogP contribution in [0.3, 0.4) is 0 Å². The van der Waals surface area contributed by atoms with Gasteiger partial charge in [-0.1, -0.05) is 12.2 Å². The van der Waals surface area contributed by atoms with E-state index in [1.54, 1.807) is 0 Å². The number of hydrogen-bond acceptors (Lipinski definition) is 2. The number of nitrogens with zero attached hydrogens (tertiary/aromatic N) is 1. The van der Waals surface area contributed by atoms with Gasteiger partial charge in [0.1, 0.15) is 0 Å². The molecule has 2 unspecified atom stereocenters. The second-order valence-electron chi connectivity index (χ2n) is 3.11. The smallest absolute Gasteiger partial charge is 0.0760 e. The average Bonchev–Trinajstić information content (AvgIpc) is 2.04. The van der Waals surface area contributed by atoms with Crippen molar-refractivity contribution in [3.8, 4) is 0 Å². The van der Waals surface area contributed by atoms with E-state index in [-0.39, 0.29) is 0 Å². The monoisotopic (exact) mass is 148 g/mol. The molecule has 2 nitrogen and oxygen atoms in total. The van der Waals surface area contributed by atoms with Gasteiger partial charge >= 0.3 is 0 Å². The molecule has 0 aromatic carbocycles. The highest BCUT2D eigenvalue weighted by Crippen LogP contribution is 2.23. The van der Waals surface area contributed by atoms with Crippen LogP contribution in [0.1, 0.15) is 12.8 Å². The lowest BCUT2D eigenvalue weighted by molar-refractivity contribution is 0.543. The summed E-state index contributed by atoms with van der Waals surface area (Å²) in [5.41, 5.74) is 7.14. The first-order valence-corrected chi connectivity index (χ1v) is 4.02. The average molecular weight is 148 g/mol. The van der Waals surface area contributed by atoms with Gasteiger partial charge in [-0.2, -0.15) is 0 Å². The summed E-state index contributed by atoms with van der Waals surface area (Å²) in [5, 5.41) is 0. The second-order valence-corrected chi connectivity index (χ2v) is 3.11. The third-order valence-electron chi connectivity index (χ3n) is 2.21. The molecule has 11 heavy (non-hydrogen) atoms. The van der Waals surface area contributed by atoms with Crippen LogP contribution in [-0.2, 0) is 0 Å². The van der Waals surface area contributed by atoms with Crippen LogP contribution in [0.2, 0.25) is 0 Å². The summed E-state index contributed by atoms with van der Waals surface area (Å²) in [6.07, 6.45) is 10.2. The zero-order valence-electron chi connectivity index (χ0n) is 6.40. The molecule has 58 valence electrons. The highest BCUT2D eigenvalue weighted by Gasteiger charge is 2.20. The van der Waals surface area contributed by atoms with Crippen LogP contribution < -0.4 is 5.73 Å². The maximum atomic E-state index is 5.80. The molecule has 0 fully saturated rings. The molecule has 1 heterocycles. The van der Waals surface area contributed by atoms with Gasteiger partial charge in [0, 0.05) is 12.3 Å². The molecule has 0 spiro atoms. The first-order valence-electron chi connectivity index (χ1n) is 4.02. The van der Waals surface area contributed by atoms with Gasteiger partial charge in [0.15, 0.2) is 0 Å². The summed E-state index contributed by atoms with van der Waals surface area (Å²) >= 11 is 0. The van der Waals surface area contributed by atoms with E-state index in [0.29, 0.717) is 12.1 Å². The fourth-order valence-corrected chi connectivity index (χ4v) is 1.58. The minimum absolute atomic E-state index is 0.312. The van der Waals surface area contributed by atoms with Gasteiger partial charge in [-0.15, -0.1) is 0 Å². The number of rotatable bonds is 0. The summed E-state index contributed by atoms with van der Waals surface area (Å²) in [5.74, 6) is 0. The fraction of sp³-hybridized carbons (Fsp3) is 0.444. The van der Waals surface area contributed by atoms with Crippen LogP contribution in [0.4, 0.5) is 0 Å². The van der Waals surface area contributed by atoms with E-state index < -0.39 is 0 Å². The molecule has 1 aliphatic heterocycles. The van der Waals surface area contributed by atoms with E-state index in [1.807, 2.05) is 12.3 Å². The van der Waals surface area contributed by atoms with Crippen molar-refractivity contribution in [2.75, 3.05) is 0 Å². The van der Waals surface area contributed by atoms with Gasteiger partial charge < -0.3 is 5.73 Å². The molecular formula is C9H12N2. The van der Waals surface area contributed by atoms with Crippen LogP contribution in [0.5, 0.6) is 0 Å². The standard InChI is InChI=1S/C9H12N2/c10-8-4-3-7-2-1-5-11-9(7)6-8/h1-3,5,8-9H,4,6,10H2. The Morgan fingerprint density at radius 2 is 2.45 bits per heavy atom. The molecule has 2 aliphatic rings. The molecule has 2 N–H and O–H groups in total. The van der Waals surface area contributed by atoms with Crippen molar-refractivity contribution >= 4 is 6.21 Å². The number of aliphatic imine (C=N–C) groups is 1. The molecule has 0 bridgehead atoms. The summed E-state index contributed by atoms with van der Waals surface area (Å²) < 4.78 is 0. The molecular weight excluding hydrogens is 136 g/mol. The Kier molecular flexibility index (Phi) is 1.62. The molecule has 2 rings (SSSR count). The van der Waals surface area contributed by atoms with Gasteiger partial charge in [0.2, 0.25) is 0 Å². The minimum Gasteiger partial charge on any atom is -0.327 e. The van der Waals surface area contributed by atoms with Gasteiger partial charge in [-0.25, -0.2) is 0 Å². The lowest BCUT2D eigenvalue weighted by atomic mass is 9.90. The fourth-order valence-electron chi connectivity index (χ4n) is 1.58. The van der Waals surface area contributed by atoms with Gasteiger partial charge in [-0.3, -0.25) is 4.99 Å². The van der Waals surface area contributed by atoms with Gasteiger partial charge in [-0.05, 0) is 24.5 Å². The first kappa shape index (κ1) is 6.80. The van der Waals surface area contributed by atoms with Gasteiger partial charge in [0.25, 0.3) is 0 Å². The quantitative estimate of drug-likeness (QED) is 0.547. The van der Waals surface area contributed by atoms with Crippen molar-refractivity contribution in [3.63, 3.8) is 0 Å². The summed E-state index contributed by atoms with van der Waals surface area (Å²) in [4.78, 5) is 4.34. The lowest BCUT2D eigenvalue weighted by Crippen LogP contribution is -2.29. The molecule has 0 aromatic rings. The van der Waals surface area contributed by atoms with E-state index >= 15 is 0 Å². The molecule has 1 aliphatic carbocycles. The van der Waals surface area contributed by atoms with Crippen molar-refractivity contribution in [2.45, 2.75) is 24.9 Å². The van der Waals surface area contributed by atoms with Crippen molar-refractivity contribution < 1.29 is 0 Å². The molecule has 2 atom stereocenters. The largest absolute Gasteiger partial charge is 0.327 e. The second kappa shape index (κ2) is 2.62. The number of allylic oxidation sites excluding steroid dienone is 1. The zero-order chi connectivity index (χ0) is 7.68. The van der Waals surface area contributed by atoms with Crippen LogP contribution in [0.25, 0.3) is 0 Å². The molecule has 0 aromatic heterocycles. The Bertz CT molecular complexity index is 238. The normalized spacial score (nSPS) is 34.8. The SMILES string of the molecule is NC1CC=C2C=CC=NC2C1. The number of fused-ring (bicyclic) bond motifs is 1. The Morgan fingerprint density at radius 1 is 1.55 bits per heavy atom. The Morgan fingerprint density at radius 3 is 3.36 bits per heavy atom. The third-order valence-corrected chi connectivity index (χ3v) is 2.21. The molecule has 0 saturated heterocycles. The first-order chi connectivity index (χ1) is 5.36. The number of dihydropyridines is 1. The van der Waals surface area contributed by atoms with E-state index in [2.05, 4.69) is 17.1 Å². The minimum atomic E-state index is 0.312. The number of hydrogen-bond donors (Lipinski definition) is 1. The Hall–Kier alpha value is -0.890.